The van der Waals surface area contributed by atoms with E-state index in [0.717, 1.165) is 43.8 Å². The standard InChI is InChI=1S/C31H43ClFN7O2.2CH2O2/c1-4-7-8-9-14-38-15-12-20(13-16-38)17-26(42)21-18-23-24(19-22(21)33)40(6-3)27(39(23)5-2)11-10-25(41)28-30(34)37-31(35)29(32)36-28;2*2-1-3/h18-20H,4-17H2,1-3H3,(H3-,34,35,37,41);2*1H,(H,2,3). The Labute approximate surface area is 285 Å². The van der Waals surface area contributed by atoms with Gasteiger partial charge in [-0.15, -0.1) is 0 Å². The van der Waals surface area contributed by atoms with Gasteiger partial charge in [0.15, 0.2) is 39.4 Å². The van der Waals surface area contributed by atoms with Crippen LogP contribution in [0, 0.1) is 11.7 Å². The van der Waals surface area contributed by atoms with Crippen molar-refractivity contribution in [1.29, 1.82) is 0 Å². The molecular weight excluding hydrogens is 645 g/mol. The molecule has 1 aliphatic heterocycles. The molecule has 0 spiro atoms. The lowest BCUT2D eigenvalue weighted by Crippen LogP contribution is -2.37. The second-order valence-corrected chi connectivity index (χ2v) is 11.8. The van der Waals surface area contributed by atoms with Crippen molar-refractivity contribution in [1.82, 2.24) is 19.4 Å². The normalized spacial score (nSPS) is 13.3. The Morgan fingerprint density at radius 1 is 1.08 bits per heavy atom. The molecule has 0 atom stereocenters. The maximum absolute atomic E-state index is 15.4. The lowest BCUT2D eigenvalue weighted by atomic mass is 9.89. The van der Waals surface area contributed by atoms with Crippen molar-refractivity contribution >= 4 is 58.8 Å². The number of hydrogen-bond donors (Lipinski definition) is 3. The van der Waals surface area contributed by atoms with E-state index in [1.54, 1.807) is 6.07 Å². The first-order valence-corrected chi connectivity index (χ1v) is 16.6. The first-order chi connectivity index (χ1) is 23.0. The molecule has 264 valence electrons. The van der Waals surface area contributed by atoms with Crippen molar-refractivity contribution in [2.24, 2.45) is 5.92 Å². The Kier molecular flexibility index (Phi) is 16.9. The molecule has 5 N–H and O–H groups in total. The van der Waals surface area contributed by atoms with Crippen molar-refractivity contribution < 1.29 is 38.3 Å². The molecule has 2 aromatic heterocycles. The molecule has 48 heavy (non-hydrogen) atoms. The van der Waals surface area contributed by atoms with Gasteiger partial charge in [-0.25, -0.2) is 23.5 Å². The van der Waals surface area contributed by atoms with E-state index < -0.39 is 12.3 Å². The average Bonchev–Trinajstić information content (AvgIpc) is 3.35. The Hall–Kier alpha value is -4.17. The van der Waals surface area contributed by atoms with E-state index in [9.17, 15) is 9.59 Å². The smallest absolute Gasteiger partial charge is 0.290 e. The van der Waals surface area contributed by atoms with Crippen LogP contribution >= 0.6 is 11.6 Å². The number of halogens is 2. The highest BCUT2D eigenvalue weighted by atomic mass is 35.5. The number of nitrogens with two attached hydrogens (primary N) is 2. The SMILES string of the molecule is CCCCCCN1CCC(CC(=O)c2cc3c(cc2F)n(CC)c(CCC(=O)c2nc(Cl)c(N)nc2N)[n+]3CC)CC1.O=CO.O=C[O-]. The van der Waals surface area contributed by atoms with E-state index in [4.69, 9.17) is 42.9 Å². The van der Waals surface area contributed by atoms with Crippen LogP contribution in [0.5, 0.6) is 0 Å². The molecule has 0 radical (unpaired) electrons. The van der Waals surface area contributed by atoms with Crippen molar-refractivity contribution in [3.05, 3.63) is 40.2 Å². The molecule has 1 saturated heterocycles. The number of aryl methyl sites for hydroxylation is 2. The van der Waals surface area contributed by atoms with Crippen molar-refractivity contribution in [2.75, 3.05) is 31.1 Å². The fourth-order valence-corrected chi connectivity index (χ4v) is 6.26. The topological polar surface area (TPSA) is 201 Å². The molecule has 0 bridgehead atoms. The number of carbonyl (C=O) groups is 4. The van der Waals surface area contributed by atoms with E-state index in [2.05, 4.69) is 21.8 Å². The number of rotatable bonds is 14. The molecule has 1 aromatic carbocycles. The number of anilines is 2. The van der Waals surface area contributed by atoms with E-state index in [1.165, 1.54) is 31.7 Å². The quantitative estimate of drug-likeness (QED) is 0.0967. The number of hydrogen-bond acceptors (Lipinski definition) is 10. The third-order valence-electron chi connectivity index (χ3n) is 8.46. The zero-order valence-electron chi connectivity index (χ0n) is 27.9. The van der Waals surface area contributed by atoms with E-state index in [1.807, 2.05) is 23.0 Å². The summed E-state index contributed by atoms with van der Waals surface area (Å²) >= 11 is 5.97. The zero-order chi connectivity index (χ0) is 35.8. The van der Waals surface area contributed by atoms with E-state index in [0.29, 0.717) is 31.4 Å². The van der Waals surface area contributed by atoms with Crippen LogP contribution in [0.15, 0.2) is 12.1 Å². The molecule has 3 aromatic rings. The Balaban J connectivity index is 0.00000124. The maximum atomic E-state index is 15.4. The van der Waals surface area contributed by atoms with Crippen molar-refractivity contribution in [2.45, 2.75) is 91.6 Å². The number of carboxylic acid groups (broad SMARTS) is 2. The van der Waals surface area contributed by atoms with Crippen LogP contribution in [-0.2, 0) is 29.1 Å². The highest BCUT2D eigenvalue weighted by Gasteiger charge is 2.29. The molecule has 1 aliphatic rings. The van der Waals surface area contributed by atoms with Crippen molar-refractivity contribution in [3.8, 4) is 0 Å². The number of benzene rings is 1. The molecular formula is C33H47ClFN7O6. The summed E-state index contributed by atoms with van der Waals surface area (Å²) in [5, 5.41) is 15.1. The molecule has 15 heteroatoms. The number of fused-ring (bicyclic) bond motifs is 1. The molecule has 0 aliphatic carbocycles. The monoisotopic (exact) mass is 691 g/mol. The van der Waals surface area contributed by atoms with E-state index in [-0.39, 0.29) is 58.4 Å². The molecule has 0 amide bonds. The van der Waals surface area contributed by atoms with Crippen LogP contribution in [0.3, 0.4) is 0 Å². The van der Waals surface area contributed by atoms with Gasteiger partial charge in [0.25, 0.3) is 12.3 Å². The Bertz CT molecular complexity index is 1540. The minimum absolute atomic E-state index is 0.0161. The van der Waals surface area contributed by atoms with Crippen LogP contribution < -0.4 is 21.1 Å². The Morgan fingerprint density at radius 2 is 1.73 bits per heavy atom. The molecule has 4 rings (SSSR count). The minimum atomic E-state index is -0.501. The van der Waals surface area contributed by atoms with E-state index >= 15 is 4.39 Å². The van der Waals surface area contributed by atoms with Gasteiger partial charge in [-0.3, -0.25) is 14.4 Å². The summed E-state index contributed by atoms with van der Waals surface area (Å²) < 4.78 is 19.5. The third kappa shape index (κ3) is 10.7. The number of unbranched alkanes of at least 4 members (excludes halogenated alkanes) is 3. The number of likely N-dealkylation sites (tertiary alicyclic amines) is 1. The zero-order valence-corrected chi connectivity index (χ0v) is 28.7. The van der Waals surface area contributed by atoms with Gasteiger partial charge in [-0.1, -0.05) is 37.8 Å². The fourth-order valence-electron chi connectivity index (χ4n) is 6.14. The predicted octanol–water partition coefficient (Wildman–Crippen LogP) is 3.46. The summed E-state index contributed by atoms with van der Waals surface area (Å²) in [7, 11) is 0. The summed E-state index contributed by atoms with van der Waals surface area (Å²) in [6.07, 6.45) is 7.78. The van der Waals surface area contributed by atoms with Crippen LogP contribution in [0.2, 0.25) is 5.15 Å². The maximum Gasteiger partial charge on any atom is 0.290 e. The molecule has 1 fully saturated rings. The number of ketones is 2. The van der Waals surface area contributed by atoms with Crippen LogP contribution in [-0.4, -0.2) is 68.7 Å². The summed E-state index contributed by atoms with van der Waals surface area (Å²) in [5.74, 6) is 0.0721. The predicted molar refractivity (Wildman–Crippen MR) is 179 cm³/mol. The average molecular weight is 692 g/mol. The van der Waals surface area contributed by atoms with Crippen LogP contribution in [0.4, 0.5) is 16.0 Å². The highest BCUT2D eigenvalue weighted by molar-refractivity contribution is 6.31. The lowest BCUT2D eigenvalue weighted by molar-refractivity contribution is -0.676. The molecule has 0 unspecified atom stereocenters. The first kappa shape index (κ1) is 40.0. The number of aromatic nitrogens is 4. The molecule has 0 saturated carbocycles. The number of imidazole rings is 1. The summed E-state index contributed by atoms with van der Waals surface area (Å²) in [5.41, 5.74) is 13.1. The molecule has 13 nitrogen and oxygen atoms in total. The largest absolute Gasteiger partial charge is 0.554 e. The number of nitrogen functional groups attached to an aromatic ring is 2. The van der Waals surface area contributed by atoms with Gasteiger partial charge in [-0.2, -0.15) is 0 Å². The van der Waals surface area contributed by atoms with Gasteiger partial charge in [0.2, 0.25) is 0 Å². The lowest BCUT2D eigenvalue weighted by Gasteiger charge is -2.31. The number of carbonyl (C=O) groups excluding carboxylic acids is 3. The number of Topliss-reactive ketones (excluding diaryl/α,β-unsaturated/α-hetero) is 2. The van der Waals surface area contributed by atoms with Gasteiger partial charge in [0.05, 0.1) is 25.1 Å². The summed E-state index contributed by atoms with van der Waals surface area (Å²) in [6.45, 7) is 9.74. The Morgan fingerprint density at radius 3 is 2.31 bits per heavy atom. The summed E-state index contributed by atoms with van der Waals surface area (Å²) in [6, 6.07) is 3.16. The van der Waals surface area contributed by atoms with Gasteiger partial charge in [0, 0.05) is 31.4 Å². The summed E-state index contributed by atoms with van der Waals surface area (Å²) in [4.78, 5) is 53.4. The van der Waals surface area contributed by atoms with Crippen LogP contribution in [0.25, 0.3) is 11.0 Å². The number of piperidine rings is 1. The minimum Gasteiger partial charge on any atom is -0.554 e. The van der Waals surface area contributed by atoms with Gasteiger partial charge < -0.3 is 31.4 Å². The second-order valence-electron chi connectivity index (χ2n) is 11.5. The van der Waals surface area contributed by atoms with Gasteiger partial charge in [-0.05, 0) is 58.7 Å². The van der Waals surface area contributed by atoms with Gasteiger partial charge >= 0.3 is 0 Å². The first-order valence-electron chi connectivity index (χ1n) is 16.3. The van der Waals surface area contributed by atoms with Crippen molar-refractivity contribution in [3.63, 3.8) is 0 Å². The third-order valence-corrected chi connectivity index (χ3v) is 8.73. The van der Waals surface area contributed by atoms with Gasteiger partial charge in [0.1, 0.15) is 11.5 Å². The van der Waals surface area contributed by atoms with Crippen LogP contribution in [0.1, 0.15) is 98.8 Å². The number of nitrogens with zero attached hydrogens (tertiary/aromatic N) is 5. The fraction of sp³-hybridized carbons (Fsp3) is 0.545. The molecule has 3 heterocycles. The second kappa shape index (κ2) is 20.3. The highest BCUT2D eigenvalue weighted by Crippen LogP contribution is 2.27.